The Morgan fingerprint density at radius 1 is 1.29 bits per heavy atom. The molecule has 96 valence electrons. The molecule has 1 N–H and O–H groups in total. The van der Waals surface area contributed by atoms with Gasteiger partial charge in [-0.2, -0.15) is 0 Å². The number of hydrogen-bond acceptors (Lipinski definition) is 4. The van der Waals surface area contributed by atoms with Gasteiger partial charge in [-0.1, -0.05) is 24.6 Å². The van der Waals surface area contributed by atoms with Crippen LogP contribution in [0.15, 0.2) is 4.99 Å². The van der Waals surface area contributed by atoms with Gasteiger partial charge in [0.1, 0.15) is 0 Å². The van der Waals surface area contributed by atoms with Gasteiger partial charge in [0.05, 0.1) is 6.04 Å². The predicted molar refractivity (Wildman–Crippen MR) is 74.7 cm³/mol. The van der Waals surface area contributed by atoms with Crippen molar-refractivity contribution in [3.8, 4) is 0 Å². The fourth-order valence-electron chi connectivity index (χ4n) is 3.23. The van der Waals surface area contributed by atoms with E-state index < -0.39 is 0 Å². The second-order valence-electron chi connectivity index (χ2n) is 5.75. The van der Waals surface area contributed by atoms with Crippen molar-refractivity contribution in [1.29, 1.82) is 0 Å². The fourth-order valence-corrected chi connectivity index (χ4v) is 4.45. The Balaban J connectivity index is 1.58. The molecular weight excluding hydrogens is 230 g/mol. The van der Waals surface area contributed by atoms with Crippen molar-refractivity contribution in [2.24, 2.45) is 10.9 Å². The Bertz CT molecular complexity index is 305. The normalized spacial score (nSPS) is 38.6. The maximum absolute atomic E-state index is 4.94. The molecule has 0 aromatic rings. The van der Waals surface area contributed by atoms with E-state index in [0.29, 0.717) is 12.1 Å². The summed E-state index contributed by atoms with van der Waals surface area (Å²) in [6.07, 6.45) is 6.80. The zero-order chi connectivity index (χ0) is 11.7. The Labute approximate surface area is 108 Å². The van der Waals surface area contributed by atoms with Crippen molar-refractivity contribution in [2.45, 2.75) is 44.2 Å². The van der Waals surface area contributed by atoms with Gasteiger partial charge in [0.25, 0.3) is 0 Å². The van der Waals surface area contributed by atoms with E-state index in [2.05, 4.69) is 17.3 Å². The standard InChI is InChI=1S/C13H23N3S/c1-16-7-6-11(8-16)14-13-15-12-5-3-2-4-10(12)9-17-13/h10-12H,2-9H2,1H3,(H,14,15). The first-order valence-corrected chi connectivity index (χ1v) is 7.95. The van der Waals surface area contributed by atoms with Crippen molar-refractivity contribution in [1.82, 2.24) is 10.2 Å². The Kier molecular flexibility index (Phi) is 3.61. The summed E-state index contributed by atoms with van der Waals surface area (Å²) in [6.45, 7) is 2.40. The molecule has 3 nitrogen and oxygen atoms in total. The van der Waals surface area contributed by atoms with Gasteiger partial charge in [0, 0.05) is 18.3 Å². The highest BCUT2D eigenvalue weighted by Gasteiger charge is 2.30. The number of likely N-dealkylation sites (tertiary alicyclic amines) is 1. The molecule has 1 saturated heterocycles. The predicted octanol–water partition coefficient (Wildman–Crippen LogP) is 1.94. The van der Waals surface area contributed by atoms with Gasteiger partial charge in [-0.15, -0.1) is 0 Å². The molecule has 0 amide bonds. The minimum atomic E-state index is 0.631. The van der Waals surface area contributed by atoms with Gasteiger partial charge in [0.15, 0.2) is 5.17 Å². The van der Waals surface area contributed by atoms with Crippen molar-refractivity contribution >= 4 is 16.9 Å². The third kappa shape index (κ3) is 2.79. The van der Waals surface area contributed by atoms with Gasteiger partial charge in [-0.25, -0.2) is 0 Å². The maximum Gasteiger partial charge on any atom is 0.157 e. The molecule has 2 heterocycles. The molecule has 1 aliphatic carbocycles. The van der Waals surface area contributed by atoms with Crippen molar-refractivity contribution in [2.75, 3.05) is 25.9 Å². The minimum absolute atomic E-state index is 0.631. The van der Waals surface area contributed by atoms with Crippen LogP contribution in [0.5, 0.6) is 0 Å². The first-order chi connectivity index (χ1) is 8.31. The van der Waals surface area contributed by atoms with Crippen LogP contribution < -0.4 is 5.32 Å². The third-order valence-electron chi connectivity index (χ3n) is 4.31. The molecule has 2 aliphatic heterocycles. The largest absolute Gasteiger partial charge is 0.361 e. The van der Waals surface area contributed by atoms with Gasteiger partial charge < -0.3 is 10.2 Å². The van der Waals surface area contributed by atoms with E-state index in [0.717, 1.165) is 5.92 Å². The van der Waals surface area contributed by atoms with E-state index in [-0.39, 0.29) is 0 Å². The molecule has 3 rings (SSSR count). The van der Waals surface area contributed by atoms with Gasteiger partial charge in [0.2, 0.25) is 0 Å². The summed E-state index contributed by atoms with van der Waals surface area (Å²) in [7, 11) is 2.20. The van der Waals surface area contributed by atoms with E-state index >= 15 is 0 Å². The summed E-state index contributed by atoms with van der Waals surface area (Å²) in [5.41, 5.74) is 0. The number of aliphatic imine (C=N–C) groups is 1. The number of rotatable bonds is 1. The third-order valence-corrected chi connectivity index (χ3v) is 5.40. The van der Waals surface area contributed by atoms with Gasteiger partial charge in [-0.3, -0.25) is 4.99 Å². The molecule has 2 fully saturated rings. The highest BCUT2D eigenvalue weighted by atomic mass is 32.2. The maximum atomic E-state index is 4.94. The van der Waals surface area contributed by atoms with E-state index in [9.17, 15) is 0 Å². The first kappa shape index (κ1) is 11.8. The van der Waals surface area contributed by atoms with Crippen LogP contribution in [0.25, 0.3) is 0 Å². The highest BCUT2D eigenvalue weighted by molar-refractivity contribution is 8.13. The van der Waals surface area contributed by atoms with Crippen molar-refractivity contribution in [3.05, 3.63) is 0 Å². The molecule has 0 aromatic heterocycles. The Morgan fingerprint density at radius 3 is 3.00 bits per heavy atom. The van der Waals surface area contributed by atoms with Crippen LogP contribution in [0.1, 0.15) is 32.1 Å². The van der Waals surface area contributed by atoms with E-state index in [1.807, 2.05) is 11.8 Å². The summed E-state index contributed by atoms with van der Waals surface area (Å²) in [5.74, 6) is 2.16. The lowest BCUT2D eigenvalue weighted by Gasteiger charge is -2.33. The number of nitrogens with one attached hydrogen (secondary N) is 1. The number of hydrogen-bond donors (Lipinski definition) is 1. The molecule has 4 heteroatoms. The fraction of sp³-hybridized carbons (Fsp3) is 0.923. The van der Waals surface area contributed by atoms with Crippen molar-refractivity contribution < 1.29 is 0 Å². The molecule has 1 saturated carbocycles. The van der Waals surface area contributed by atoms with Crippen LogP contribution in [0.3, 0.4) is 0 Å². The zero-order valence-electron chi connectivity index (χ0n) is 10.7. The van der Waals surface area contributed by atoms with Crippen LogP contribution in [0, 0.1) is 5.92 Å². The lowest BCUT2D eigenvalue weighted by atomic mass is 9.86. The summed E-state index contributed by atoms with van der Waals surface area (Å²) < 4.78 is 0. The summed E-state index contributed by atoms with van der Waals surface area (Å²) in [5, 5.41) is 4.88. The zero-order valence-corrected chi connectivity index (χ0v) is 11.5. The molecule has 0 aromatic carbocycles. The molecular formula is C13H23N3S. The topological polar surface area (TPSA) is 27.6 Å². The second-order valence-corrected chi connectivity index (χ2v) is 6.76. The lowest BCUT2D eigenvalue weighted by molar-refractivity contribution is 0.335. The van der Waals surface area contributed by atoms with Gasteiger partial charge in [-0.05, 0) is 38.8 Å². The smallest absolute Gasteiger partial charge is 0.157 e. The average molecular weight is 253 g/mol. The Hall–Kier alpha value is -0.220. The molecule has 0 spiro atoms. The monoisotopic (exact) mass is 253 g/mol. The first-order valence-electron chi connectivity index (χ1n) is 6.97. The van der Waals surface area contributed by atoms with Crippen LogP contribution in [-0.4, -0.2) is 48.0 Å². The lowest BCUT2D eigenvalue weighted by Crippen LogP contribution is -2.40. The summed E-state index contributed by atoms with van der Waals surface area (Å²) in [6, 6.07) is 1.26. The molecule has 3 unspecified atom stereocenters. The quantitative estimate of drug-likeness (QED) is 0.774. The van der Waals surface area contributed by atoms with Crippen LogP contribution in [-0.2, 0) is 0 Å². The number of thioether (sulfide) groups is 1. The summed E-state index contributed by atoms with van der Waals surface area (Å²) in [4.78, 5) is 7.34. The van der Waals surface area contributed by atoms with Gasteiger partial charge >= 0.3 is 0 Å². The van der Waals surface area contributed by atoms with E-state index in [1.54, 1.807) is 0 Å². The SMILES string of the molecule is CN1CCC(NC2=NC3CCCCC3CS2)C1. The van der Waals surface area contributed by atoms with Crippen LogP contribution in [0.4, 0.5) is 0 Å². The number of nitrogens with zero attached hydrogens (tertiary/aromatic N) is 2. The molecule has 0 radical (unpaired) electrons. The van der Waals surface area contributed by atoms with E-state index in [1.165, 1.54) is 56.1 Å². The van der Waals surface area contributed by atoms with Crippen LogP contribution in [0.2, 0.25) is 0 Å². The Morgan fingerprint density at radius 2 is 2.18 bits per heavy atom. The molecule has 0 bridgehead atoms. The van der Waals surface area contributed by atoms with Crippen molar-refractivity contribution in [3.63, 3.8) is 0 Å². The number of fused-ring (bicyclic) bond motifs is 1. The van der Waals surface area contributed by atoms with E-state index in [4.69, 9.17) is 4.99 Å². The highest BCUT2D eigenvalue weighted by Crippen LogP contribution is 2.33. The second kappa shape index (κ2) is 5.19. The molecule has 3 atom stereocenters. The summed E-state index contributed by atoms with van der Waals surface area (Å²) >= 11 is 1.96. The number of amidine groups is 1. The minimum Gasteiger partial charge on any atom is -0.361 e. The average Bonchev–Trinajstić information content (AvgIpc) is 2.75. The van der Waals surface area contributed by atoms with Crippen LogP contribution >= 0.6 is 11.8 Å². The molecule has 17 heavy (non-hydrogen) atoms. The number of likely N-dealkylation sites (N-methyl/N-ethyl adjacent to an activating group) is 1. The molecule has 3 aliphatic rings.